The molecule has 0 unspecified atom stereocenters. The Morgan fingerprint density at radius 3 is 1.67 bits per heavy atom. The van der Waals surface area contributed by atoms with Crippen molar-refractivity contribution in [1.29, 1.82) is 0 Å². The van der Waals surface area contributed by atoms with E-state index in [0.29, 0.717) is 21.9 Å². The normalized spacial score (nSPS) is 12.5. The van der Waals surface area contributed by atoms with Crippen molar-refractivity contribution in [2.75, 3.05) is 18.0 Å². The van der Waals surface area contributed by atoms with Crippen LogP contribution in [0, 0.1) is 0 Å². The van der Waals surface area contributed by atoms with E-state index in [1.54, 1.807) is 48.5 Å². The number of fused-ring (bicyclic) bond motifs is 4. The van der Waals surface area contributed by atoms with Crippen molar-refractivity contribution >= 4 is 38.8 Å². The summed E-state index contributed by atoms with van der Waals surface area (Å²) in [6.07, 6.45) is 4.09. The Balaban J connectivity index is 1.67. The highest BCUT2D eigenvalue weighted by molar-refractivity contribution is 6.34. The maximum atomic E-state index is 13.7. The lowest BCUT2D eigenvalue weighted by atomic mass is 9.79. The Kier molecular flexibility index (Phi) is 7.18. The molecular weight excluding hydrogens is 542 g/mol. The van der Waals surface area contributed by atoms with E-state index in [4.69, 9.17) is 0 Å². The zero-order chi connectivity index (χ0) is 30.4. The molecule has 5 aromatic carbocycles. The maximum absolute atomic E-state index is 13.7. The van der Waals surface area contributed by atoms with Gasteiger partial charge in [0.05, 0.1) is 16.5 Å². The summed E-state index contributed by atoms with van der Waals surface area (Å²) in [7, 11) is 0. The zero-order valence-corrected chi connectivity index (χ0v) is 24.1. The summed E-state index contributed by atoms with van der Waals surface area (Å²) < 4.78 is 0. The van der Waals surface area contributed by atoms with Crippen LogP contribution in [0.5, 0.6) is 23.0 Å². The number of hydrogen-bond acceptors (Lipinski definition) is 7. The second kappa shape index (κ2) is 11.0. The van der Waals surface area contributed by atoms with Gasteiger partial charge in [-0.25, -0.2) is 0 Å². The average molecular weight is 576 g/mol. The van der Waals surface area contributed by atoms with Gasteiger partial charge in [0.25, 0.3) is 0 Å². The van der Waals surface area contributed by atoms with Gasteiger partial charge in [-0.15, -0.1) is 0 Å². The van der Waals surface area contributed by atoms with Crippen molar-refractivity contribution in [3.05, 3.63) is 89.0 Å². The molecule has 4 N–H and O–H groups in total. The topological polar surface area (TPSA) is 118 Å². The standard InChI is InChI=1S/C36H33NO6/c1-3-5-17-37(18-6-4-2)20-15-16-25(26(38)19-20)27-21-11-7-8-12-22(21)32(39)29-28(27)35(42)30-31(36(29)43)34(41)24-14-10-9-13-23(24)33(30)40/h7-16,19,38-39,42-43H,3-6,17-18H2,1-2H3. The van der Waals surface area contributed by atoms with Crippen molar-refractivity contribution in [2.45, 2.75) is 39.5 Å². The number of unbranched alkanes of at least 4 members (excludes halogenated alkanes) is 2. The van der Waals surface area contributed by atoms with E-state index in [1.807, 2.05) is 6.07 Å². The van der Waals surface area contributed by atoms with Crippen LogP contribution >= 0.6 is 0 Å². The first-order valence-corrected chi connectivity index (χ1v) is 14.7. The maximum Gasteiger partial charge on any atom is 0.198 e. The average Bonchev–Trinajstić information content (AvgIpc) is 3.02. The molecule has 0 aliphatic heterocycles. The number of carbonyl (C=O) groups excluding carboxylic acids is 2. The number of rotatable bonds is 8. The molecule has 43 heavy (non-hydrogen) atoms. The number of nitrogens with zero attached hydrogens (tertiary/aromatic N) is 1. The lowest BCUT2D eigenvalue weighted by Crippen LogP contribution is -2.25. The Morgan fingerprint density at radius 1 is 0.581 bits per heavy atom. The summed E-state index contributed by atoms with van der Waals surface area (Å²) in [5, 5.41) is 47.0. The number of phenols is 4. The Labute approximate surface area is 249 Å². The van der Waals surface area contributed by atoms with Crippen LogP contribution in [0.25, 0.3) is 32.7 Å². The molecule has 218 valence electrons. The summed E-state index contributed by atoms with van der Waals surface area (Å²) in [6, 6.07) is 18.5. The van der Waals surface area contributed by atoms with Gasteiger partial charge >= 0.3 is 0 Å². The Hall–Kier alpha value is -5.04. The lowest BCUT2D eigenvalue weighted by Gasteiger charge is -2.26. The summed E-state index contributed by atoms with van der Waals surface area (Å²) in [5.41, 5.74) is 1.08. The molecular formula is C36H33NO6. The predicted octanol–water partition coefficient (Wildman–Crippen LogP) is 7.66. The Bertz CT molecular complexity index is 1940. The van der Waals surface area contributed by atoms with Gasteiger partial charge < -0.3 is 25.3 Å². The van der Waals surface area contributed by atoms with Crippen LogP contribution in [0.4, 0.5) is 5.69 Å². The highest BCUT2D eigenvalue weighted by Gasteiger charge is 2.38. The molecule has 0 saturated carbocycles. The van der Waals surface area contributed by atoms with Crippen LogP contribution < -0.4 is 4.90 Å². The first-order valence-electron chi connectivity index (χ1n) is 14.7. The minimum Gasteiger partial charge on any atom is -0.507 e. The van der Waals surface area contributed by atoms with Gasteiger partial charge in [-0.1, -0.05) is 75.2 Å². The molecule has 7 heteroatoms. The molecule has 7 nitrogen and oxygen atoms in total. The van der Waals surface area contributed by atoms with Crippen LogP contribution in [0.15, 0.2) is 66.7 Å². The van der Waals surface area contributed by atoms with Crippen molar-refractivity contribution < 1.29 is 30.0 Å². The Morgan fingerprint density at radius 2 is 1.12 bits per heavy atom. The number of benzene rings is 5. The quantitative estimate of drug-likeness (QED) is 0.109. The van der Waals surface area contributed by atoms with Gasteiger partial charge in [0.2, 0.25) is 0 Å². The van der Waals surface area contributed by atoms with Crippen LogP contribution in [-0.2, 0) is 0 Å². The van der Waals surface area contributed by atoms with Gasteiger partial charge in [0, 0.05) is 57.9 Å². The molecule has 6 rings (SSSR count). The minimum atomic E-state index is -0.625. The third-order valence-electron chi connectivity index (χ3n) is 8.43. The van der Waals surface area contributed by atoms with Crippen LogP contribution in [0.3, 0.4) is 0 Å². The van der Waals surface area contributed by atoms with Gasteiger partial charge in [0.1, 0.15) is 23.0 Å². The molecule has 0 atom stereocenters. The fraction of sp³-hybridized carbons (Fsp3) is 0.222. The number of ketones is 2. The largest absolute Gasteiger partial charge is 0.507 e. The first kappa shape index (κ1) is 28.1. The number of carbonyl (C=O) groups is 2. The van der Waals surface area contributed by atoms with E-state index in [0.717, 1.165) is 44.5 Å². The molecule has 0 radical (unpaired) electrons. The number of aromatic hydroxyl groups is 4. The van der Waals surface area contributed by atoms with Crippen LogP contribution in [0.1, 0.15) is 71.4 Å². The third-order valence-corrected chi connectivity index (χ3v) is 8.43. The number of anilines is 1. The molecule has 0 amide bonds. The number of hydrogen-bond donors (Lipinski definition) is 4. The van der Waals surface area contributed by atoms with E-state index in [1.165, 1.54) is 12.1 Å². The minimum absolute atomic E-state index is 0.0233. The summed E-state index contributed by atoms with van der Waals surface area (Å²) >= 11 is 0. The van der Waals surface area contributed by atoms with E-state index in [9.17, 15) is 30.0 Å². The second-order valence-electron chi connectivity index (χ2n) is 11.1. The zero-order valence-electron chi connectivity index (χ0n) is 24.1. The van der Waals surface area contributed by atoms with E-state index in [-0.39, 0.29) is 44.5 Å². The summed E-state index contributed by atoms with van der Waals surface area (Å²) in [5.74, 6) is -2.77. The van der Waals surface area contributed by atoms with Crippen molar-refractivity contribution in [3.8, 4) is 34.1 Å². The molecule has 0 fully saturated rings. The lowest BCUT2D eigenvalue weighted by molar-refractivity contribution is 0.0974. The smallest absolute Gasteiger partial charge is 0.198 e. The molecule has 0 aromatic heterocycles. The van der Waals surface area contributed by atoms with Crippen molar-refractivity contribution in [3.63, 3.8) is 0 Å². The van der Waals surface area contributed by atoms with Gasteiger partial charge in [-0.3, -0.25) is 9.59 Å². The fourth-order valence-corrected chi connectivity index (χ4v) is 6.24. The molecule has 0 saturated heterocycles. The molecule has 0 spiro atoms. The SMILES string of the molecule is CCCCN(CCCC)c1ccc(-c2c3ccccc3c(O)c3c(O)c4c(c(O)c23)C(=O)c2ccccc2C4=O)c(O)c1. The fourth-order valence-electron chi connectivity index (χ4n) is 6.24. The van der Waals surface area contributed by atoms with Gasteiger partial charge in [-0.05, 0) is 30.4 Å². The van der Waals surface area contributed by atoms with Crippen molar-refractivity contribution in [1.82, 2.24) is 0 Å². The molecule has 0 heterocycles. The predicted molar refractivity (Wildman–Crippen MR) is 169 cm³/mol. The summed E-state index contributed by atoms with van der Waals surface area (Å²) in [4.78, 5) is 29.5. The van der Waals surface area contributed by atoms with Crippen LogP contribution in [-0.4, -0.2) is 45.1 Å². The molecule has 1 aliphatic rings. The van der Waals surface area contributed by atoms with Crippen LogP contribution in [0.2, 0.25) is 0 Å². The molecule has 5 aromatic rings. The van der Waals surface area contributed by atoms with Crippen molar-refractivity contribution in [2.24, 2.45) is 0 Å². The summed E-state index contributed by atoms with van der Waals surface area (Å²) in [6.45, 7) is 5.96. The first-order chi connectivity index (χ1) is 20.8. The third kappa shape index (κ3) is 4.35. The van der Waals surface area contributed by atoms with Gasteiger partial charge in [0.15, 0.2) is 11.6 Å². The number of phenolic OH excluding ortho intramolecular Hbond substituents is 4. The monoisotopic (exact) mass is 575 g/mol. The molecule has 1 aliphatic carbocycles. The second-order valence-corrected chi connectivity index (χ2v) is 11.1. The van der Waals surface area contributed by atoms with E-state index >= 15 is 0 Å². The molecule has 0 bridgehead atoms. The highest BCUT2D eigenvalue weighted by Crippen LogP contribution is 2.54. The van der Waals surface area contributed by atoms with E-state index in [2.05, 4.69) is 18.7 Å². The van der Waals surface area contributed by atoms with Gasteiger partial charge in [-0.2, -0.15) is 0 Å². The highest BCUT2D eigenvalue weighted by atomic mass is 16.3. The van der Waals surface area contributed by atoms with E-state index < -0.39 is 23.1 Å².